The molecule has 0 radical (unpaired) electrons. The molecule has 0 aliphatic heterocycles. The first-order valence-corrected chi connectivity index (χ1v) is 9.27. The van der Waals surface area contributed by atoms with Crippen molar-refractivity contribution in [2.24, 2.45) is 0 Å². The number of halogens is 3. The summed E-state index contributed by atoms with van der Waals surface area (Å²) in [6.45, 7) is 0.694. The smallest absolute Gasteiger partial charge is 0.182 e. The molecule has 136 valence electrons. The molecular formula is C18H15Cl2FN2O2S. The molecule has 0 amide bonds. The molecule has 1 heterocycles. The van der Waals surface area contributed by atoms with Crippen LogP contribution in [-0.4, -0.2) is 12.1 Å². The summed E-state index contributed by atoms with van der Waals surface area (Å²) in [6.07, 6.45) is 1.73. The normalized spacial score (nSPS) is 10.6. The summed E-state index contributed by atoms with van der Waals surface area (Å²) >= 11 is 13.9. The fourth-order valence-electron chi connectivity index (χ4n) is 2.29. The van der Waals surface area contributed by atoms with Crippen molar-refractivity contribution in [1.29, 1.82) is 0 Å². The summed E-state index contributed by atoms with van der Waals surface area (Å²) in [6, 6.07) is 7.79. The van der Waals surface area contributed by atoms with Crippen LogP contribution in [-0.2, 0) is 13.2 Å². The fraction of sp³-hybridized carbons (Fsp3) is 0.167. The fourth-order valence-corrected chi connectivity index (χ4v) is 3.33. The second kappa shape index (κ2) is 8.58. The predicted octanol–water partition coefficient (Wildman–Crippen LogP) is 5.79. The van der Waals surface area contributed by atoms with Gasteiger partial charge in [-0.05, 0) is 29.8 Å². The number of aromatic nitrogens is 1. The van der Waals surface area contributed by atoms with Crippen LogP contribution in [0.25, 0.3) is 0 Å². The molecule has 0 saturated carbocycles. The lowest BCUT2D eigenvalue weighted by atomic mass is 10.2. The van der Waals surface area contributed by atoms with E-state index >= 15 is 0 Å². The van der Waals surface area contributed by atoms with Crippen LogP contribution in [0.4, 0.5) is 9.52 Å². The minimum atomic E-state index is -0.397. The summed E-state index contributed by atoms with van der Waals surface area (Å²) in [5.41, 5.74) is 1.58. The van der Waals surface area contributed by atoms with E-state index < -0.39 is 5.82 Å². The summed E-state index contributed by atoms with van der Waals surface area (Å²) in [5, 5.41) is 6.64. The standard InChI is InChI=1S/C18H15Cl2FN2O2S/c1-24-16-7-11(9-23-18-22-4-5-26-18)6-15(20)17(16)25-10-12-2-3-13(21)8-14(12)19/h2-8H,9-10H2,1H3,(H,22,23). The molecule has 2 aromatic carbocycles. The van der Waals surface area contributed by atoms with Crippen LogP contribution in [0.5, 0.6) is 11.5 Å². The Hall–Kier alpha value is -2.02. The number of thiazole rings is 1. The van der Waals surface area contributed by atoms with Crippen molar-refractivity contribution in [3.63, 3.8) is 0 Å². The lowest BCUT2D eigenvalue weighted by molar-refractivity contribution is 0.284. The Labute approximate surface area is 164 Å². The number of anilines is 1. The number of nitrogens with zero attached hydrogens (tertiary/aromatic N) is 1. The van der Waals surface area contributed by atoms with Gasteiger partial charge in [0.05, 0.1) is 17.2 Å². The summed E-state index contributed by atoms with van der Waals surface area (Å²) in [7, 11) is 1.54. The van der Waals surface area contributed by atoms with Gasteiger partial charge in [-0.2, -0.15) is 0 Å². The van der Waals surface area contributed by atoms with Crippen LogP contribution in [0.3, 0.4) is 0 Å². The van der Waals surface area contributed by atoms with E-state index in [2.05, 4.69) is 10.3 Å². The lowest BCUT2D eigenvalue weighted by Gasteiger charge is -2.15. The quantitative estimate of drug-likeness (QED) is 0.533. The van der Waals surface area contributed by atoms with Crippen LogP contribution in [0, 0.1) is 5.82 Å². The van der Waals surface area contributed by atoms with E-state index in [0.717, 1.165) is 10.7 Å². The van der Waals surface area contributed by atoms with Gasteiger partial charge in [0.2, 0.25) is 0 Å². The first kappa shape index (κ1) is 18.8. The molecule has 4 nitrogen and oxygen atoms in total. The van der Waals surface area contributed by atoms with Crippen LogP contribution in [0.2, 0.25) is 10.0 Å². The van der Waals surface area contributed by atoms with Gasteiger partial charge in [-0.25, -0.2) is 9.37 Å². The van der Waals surface area contributed by atoms with E-state index in [1.54, 1.807) is 25.4 Å². The van der Waals surface area contributed by atoms with Crippen molar-refractivity contribution < 1.29 is 13.9 Å². The Bertz CT molecular complexity index is 891. The van der Waals surface area contributed by atoms with Gasteiger partial charge in [-0.3, -0.25) is 0 Å². The van der Waals surface area contributed by atoms with E-state index in [1.807, 2.05) is 11.4 Å². The van der Waals surface area contributed by atoms with Crippen molar-refractivity contribution in [3.8, 4) is 11.5 Å². The Morgan fingerprint density at radius 1 is 1.19 bits per heavy atom. The first-order chi connectivity index (χ1) is 12.6. The van der Waals surface area contributed by atoms with Crippen molar-refractivity contribution in [2.75, 3.05) is 12.4 Å². The monoisotopic (exact) mass is 412 g/mol. The molecule has 3 aromatic rings. The average Bonchev–Trinajstić information content (AvgIpc) is 3.13. The predicted molar refractivity (Wildman–Crippen MR) is 103 cm³/mol. The van der Waals surface area contributed by atoms with Gasteiger partial charge in [0.25, 0.3) is 0 Å². The Balaban J connectivity index is 1.74. The van der Waals surface area contributed by atoms with Gasteiger partial charge < -0.3 is 14.8 Å². The van der Waals surface area contributed by atoms with Gasteiger partial charge in [-0.1, -0.05) is 29.3 Å². The van der Waals surface area contributed by atoms with Crippen molar-refractivity contribution in [2.45, 2.75) is 13.2 Å². The van der Waals surface area contributed by atoms with Gasteiger partial charge in [-0.15, -0.1) is 11.3 Å². The highest BCUT2D eigenvalue weighted by atomic mass is 35.5. The molecule has 0 unspecified atom stereocenters. The number of hydrogen-bond acceptors (Lipinski definition) is 5. The molecule has 0 aliphatic rings. The number of methoxy groups -OCH3 is 1. The molecule has 0 spiro atoms. The maximum Gasteiger partial charge on any atom is 0.182 e. The molecule has 1 aromatic heterocycles. The Morgan fingerprint density at radius 2 is 2.04 bits per heavy atom. The second-order valence-electron chi connectivity index (χ2n) is 5.32. The van der Waals surface area contributed by atoms with E-state index in [0.29, 0.717) is 33.7 Å². The summed E-state index contributed by atoms with van der Waals surface area (Å²) in [4.78, 5) is 4.17. The van der Waals surface area contributed by atoms with E-state index in [9.17, 15) is 4.39 Å². The Morgan fingerprint density at radius 3 is 2.73 bits per heavy atom. The maximum absolute atomic E-state index is 13.1. The zero-order valence-corrected chi connectivity index (χ0v) is 16.1. The highest BCUT2D eigenvalue weighted by molar-refractivity contribution is 7.13. The third-order valence-electron chi connectivity index (χ3n) is 3.55. The highest BCUT2D eigenvalue weighted by Crippen LogP contribution is 2.37. The van der Waals surface area contributed by atoms with Crippen molar-refractivity contribution >= 4 is 39.7 Å². The van der Waals surface area contributed by atoms with Gasteiger partial charge in [0, 0.05) is 23.7 Å². The molecule has 8 heteroatoms. The van der Waals surface area contributed by atoms with Gasteiger partial charge in [0.15, 0.2) is 16.6 Å². The molecule has 0 aliphatic carbocycles. The molecule has 26 heavy (non-hydrogen) atoms. The molecular weight excluding hydrogens is 398 g/mol. The van der Waals surface area contributed by atoms with Crippen LogP contribution in [0.1, 0.15) is 11.1 Å². The number of rotatable bonds is 7. The lowest BCUT2D eigenvalue weighted by Crippen LogP contribution is -2.03. The zero-order valence-electron chi connectivity index (χ0n) is 13.8. The number of nitrogens with one attached hydrogen (secondary N) is 1. The topological polar surface area (TPSA) is 43.4 Å². The number of hydrogen-bond donors (Lipinski definition) is 1. The van der Waals surface area contributed by atoms with Gasteiger partial charge >= 0.3 is 0 Å². The first-order valence-electron chi connectivity index (χ1n) is 7.63. The molecule has 3 rings (SSSR count). The van der Waals surface area contributed by atoms with E-state index in [1.165, 1.54) is 23.5 Å². The Kier molecular flexibility index (Phi) is 6.19. The van der Waals surface area contributed by atoms with E-state index in [4.69, 9.17) is 32.7 Å². The second-order valence-corrected chi connectivity index (χ2v) is 7.03. The number of ether oxygens (including phenoxy) is 2. The minimum absolute atomic E-state index is 0.145. The molecule has 0 saturated heterocycles. The summed E-state index contributed by atoms with van der Waals surface area (Å²) in [5.74, 6) is 0.519. The third kappa shape index (κ3) is 4.58. The number of benzene rings is 2. The highest BCUT2D eigenvalue weighted by Gasteiger charge is 2.13. The van der Waals surface area contributed by atoms with Crippen LogP contribution < -0.4 is 14.8 Å². The van der Waals surface area contributed by atoms with Crippen molar-refractivity contribution in [1.82, 2.24) is 4.98 Å². The van der Waals surface area contributed by atoms with E-state index in [-0.39, 0.29) is 6.61 Å². The molecule has 0 atom stereocenters. The molecule has 0 fully saturated rings. The zero-order chi connectivity index (χ0) is 18.5. The van der Waals surface area contributed by atoms with Gasteiger partial charge in [0.1, 0.15) is 12.4 Å². The van der Waals surface area contributed by atoms with Crippen molar-refractivity contribution in [3.05, 3.63) is 68.9 Å². The van der Waals surface area contributed by atoms with Crippen LogP contribution >= 0.6 is 34.5 Å². The third-order valence-corrected chi connectivity index (χ3v) is 4.92. The maximum atomic E-state index is 13.1. The summed E-state index contributed by atoms with van der Waals surface area (Å²) < 4.78 is 24.3. The molecule has 1 N–H and O–H groups in total. The molecule has 0 bridgehead atoms. The van der Waals surface area contributed by atoms with Crippen LogP contribution in [0.15, 0.2) is 41.9 Å². The largest absolute Gasteiger partial charge is 0.493 e. The SMILES string of the molecule is COc1cc(CNc2nccs2)cc(Cl)c1OCc1ccc(F)cc1Cl. The minimum Gasteiger partial charge on any atom is -0.493 e. The average molecular weight is 413 g/mol.